The molecule has 1 fully saturated rings. The third kappa shape index (κ3) is 2.95. The highest BCUT2D eigenvalue weighted by Gasteiger charge is 2.25. The van der Waals surface area contributed by atoms with E-state index in [1.807, 2.05) is 6.92 Å². The van der Waals surface area contributed by atoms with E-state index in [-0.39, 0.29) is 0 Å². The molecule has 3 nitrogen and oxygen atoms in total. The summed E-state index contributed by atoms with van der Waals surface area (Å²) in [6.07, 6.45) is 2.90. The van der Waals surface area contributed by atoms with E-state index in [4.69, 9.17) is 0 Å². The molecule has 1 aliphatic heterocycles. The lowest BCUT2D eigenvalue weighted by atomic mass is 10.0. The van der Waals surface area contributed by atoms with Crippen molar-refractivity contribution in [3.05, 3.63) is 0 Å². The van der Waals surface area contributed by atoms with E-state index in [1.54, 1.807) is 4.31 Å². The minimum absolute atomic E-state index is 0.305. The second-order valence-corrected chi connectivity index (χ2v) is 6.01. The lowest BCUT2D eigenvalue weighted by Crippen LogP contribution is -2.40. The quantitative estimate of drug-likeness (QED) is 0.699. The van der Waals surface area contributed by atoms with Crippen LogP contribution in [0.25, 0.3) is 0 Å². The molecule has 78 valence electrons. The monoisotopic (exact) mass is 205 g/mol. The molecule has 0 aromatic carbocycles. The predicted molar refractivity (Wildman–Crippen MR) is 54.0 cm³/mol. The molecule has 0 spiro atoms. The average molecular weight is 205 g/mol. The van der Waals surface area contributed by atoms with Crippen LogP contribution >= 0.6 is 0 Å². The molecule has 1 rings (SSSR count). The van der Waals surface area contributed by atoms with Crippen LogP contribution in [0.1, 0.15) is 33.1 Å². The van der Waals surface area contributed by atoms with Gasteiger partial charge in [-0.2, -0.15) is 0 Å². The molecule has 0 N–H and O–H groups in total. The van der Waals surface area contributed by atoms with E-state index >= 15 is 0 Å². The van der Waals surface area contributed by atoms with Crippen molar-refractivity contribution in [1.82, 2.24) is 4.31 Å². The number of rotatable bonds is 3. The largest absolute Gasteiger partial charge is 0.214 e. The van der Waals surface area contributed by atoms with Crippen LogP contribution < -0.4 is 0 Å². The lowest BCUT2D eigenvalue weighted by Gasteiger charge is -2.29. The SMILES string of the molecule is CCCS(=O)(=O)N1CCC[C@@H](C)C1. The summed E-state index contributed by atoms with van der Waals surface area (Å²) in [5.74, 6) is 0.833. The Bertz CT molecular complexity index is 248. The van der Waals surface area contributed by atoms with Crippen LogP contribution in [0.3, 0.4) is 0 Å². The Morgan fingerprint density at radius 2 is 2.15 bits per heavy atom. The molecule has 0 unspecified atom stereocenters. The van der Waals surface area contributed by atoms with Gasteiger partial charge >= 0.3 is 0 Å². The zero-order chi connectivity index (χ0) is 9.90. The minimum atomic E-state index is -2.93. The molecule has 1 heterocycles. The van der Waals surface area contributed by atoms with E-state index in [0.29, 0.717) is 18.1 Å². The van der Waals surface area contributed by atoms with Gasteiger partial charge < -0.3 is 0 Å². The maximum absolute atomic E-state index is 11.7. The Labute approximate surface area is 81.2 Å². The van der Waals surface area contributed by atoms with Gasteiger partial charge in [-0.25, -0.2) is 12.7 Å². The second-order valence-electron chi connectivity index (χ2n) is 3.92. The summed E-state index contributed by atoms with van der Waals surface area (Å²) in [6, 6.07) is 0. The summed E-state index contributed by atoms with van der Waals surface area (Å²) in [5, 5.41) is 0. The summed E-state index contributed by atoms with van der Waals surface area (Å²) in [4.78, 5) is 0. The second kappa shape index (κ2) is 4.42. The maximum Gasteiger partial charge on any atom is 0.214 e. The molecule has 0 radical (unpaired) electrons. The van der Waals surface area contributed by atoms with Crippen molar-refractivity contribution < 1.29 is 8.42 Å². The molecule has 0 amide bonds. The highest BCUT2D eigenvalue weighted by molar-refractivity contribution is 7.89. The first-order valence-corrected chi connectivity index (χ1v) is 6.65. The van der Waals surface area contributed by atoms with Gasteiger partial charge in [0.15, 0.2) is 0 Å². The first-order valence-electron chi connectivity index (χ1n) is 5.04. The van der Waals surface area contributed by atoms with Crippen molar-refractivity contribution in [3.8, 4) is 0 Å². The summed E-state index contributed by atoms with van der Waals surface area (Å²) in [7, 11) is -2.93. The number of piperidine rings is 1. The molecular formula is C9H19NO2S. The van der Waals surface area contributed by atoms with Gasteiger partial charge in [-0.15, -0.1) is 0 Å². The van der Waals surface area contributed by atoms with Crippen molar-refractivity contribution in [3.63, 3.8) is 0 Å². The molecule has 1 saturated heterocycles. The molecule has 1 atom stereocenters. The molecule has 13 heavy (non-hydrogen) atoms. The fourth-order valence-electron chi connectivity index (χ4n) is 1.79. The molecule has 1 aliphatic rings. The molecule has 0 saturated carbocycles. The standard InChI is InChI=1S/C9H19NO2S/c1-3-7-13(11,12)10-6-4-5-9(2)8-10/h9H,3-8H2,1-2H3/t9-/m1/s1. The van der Waals surface area contributed by atoms with Gasteiger partial charge in [-0.05, 0) is 25.2 Å². The van der Waals surface area contributed by atoms with Crippen molar-refractivity contribution in [1.29, 1.82) is 0 Å². The van der Waals surface area contributed by atoms with Crippen LogP contribution in [0.4, 0.5) is 0 Å². The summed E-state index contributed by atoms with van der Waals surface area (Å²) >= 11 is 0. The molecule has 4 heteroatoms. The van der Waals surface area contributed by atoms with Crippen molar-refractivity contribution in [2.24, 2.45) is 5.92 Å². The molecule has 0 aromatic heterocycles. The third-order valence-corrected chi connectivity index (χ3v) is 4.52. The van der Waals surface area contributed by atoms with Crippen molar-refractivity contribution in [2.45, 2.75) is 33.1 Å². The lowest BCUT2D eigenvalue weighted by molar-refractivity contribution is 0.281. The van der Waals surface area contributed by atoms with Gasteiger partial charge in [0, 0.05) is 13.1 Å². The Morgan fingerprint density at radius 3 is 2.69 bits per heavy atom. The predicted octanol–water partition coefficient (Wildman–Crippen LogP) is 1.46. The number of sulfonamides is 1. The maximum atomic E-state index is 11.7. The number of hydrogen-bond acceptors (Lipinski definition) is 2. The van der Waals surface area contributed by atoms with Crippen LogP contribution in [0.2, 0.25) is 0 Å². The highest BCUT2D eigenvalue weighted by Crippen LogP contribution is 2.18. The van der Waals surface area contributed by atoms with Crippen LogP contribution in [0.15, 0.2) is 0 Å². The number of hydrogen-bond donors (Lipinski definition) is 0. The molecule has 0 aromatic rings. The first kappa shape index (κ1) is 11.0. The van der Waals surface area contributed by atoms with E-state index in [9.17, 15) is 8.42 Å². The van der Waals surface area contributed by atoms with Gasteiger partial charge in [-0.3, -0.25) is 0 Å². The average Bonchev–Trinajstić information content (AvgIpc) is 2.04. The van der Waals surface area contributed by atoms with Gasteiger partial charge in [0.1, 0.15) is 0 Å². The van der Waals surface area contributed by atoms with Gasteiger partial charge in [0.05, 0.1) is 5.75 Å². The Balaban J connectivity index is 2.60. The van der Waals surface area contributed by atoms with Crippen LogP contribution in [-0.2, 0) is 10.0 Å². The summed E-state index contributed by atoms with van der Waals surface area (Å²) in [6.45, 7) is 5.48. The first-order chi connectivity index (χ1) is 6.06. The van der Waals surface area contributed by atoms with Gasteiger partial charge in [0.25, 0.3) is 0 Å². The molecule has 0 bridgehead atoms. The van der Waals surface area contributed by atoms with E-state index < -0.39 is 10.0 Å². The van der Waals surface area contributed by atoms with Crippen LogP contribution in [0.5, 0.6) is 0 Å². The van der Waals surface area contributed by atoms with Gasteiger partial charge in [0.2, 0.25) is 10.0 Å². The van der Waals surface area contributed by atoms with E-state index in [2.05, 4.69) is 6.92 Å². The fraction of sp³-hybridized carbons (Fsp3) is 1.00. The minimum Gasteiger partial charge on any atom is -0.212 e. The van der Waals surface area contributed by atoms with E-state index in [1.165, 1.54) is 0 Å². The normalized spacial score (nSPS) is 26.2. The van der Waals surface area contributed by atoms with Gasteiger partial charge in [-0.1, -0.05) is 13.8 Å². The Hall–Kier alpha value is -0.0900. The summed E-state index contributed by atoms with van der Waals surface area (Å²) in [5.41, 5.74) is 0. The highest BCUT2D eigenvalue weighted by atomic mass is 32.2. The third-order valence-electron chi connectivity index (χ3n) is 2.48. The molecule has 0 aliphatic carbocycles. The zero-order valence-electron chi connectivity index (χ0n) is 8.49. The van der Waals surface area contributed by atoms with Crippen molar-refractivity contribution >= 4 is 10.0 Å². The number of nitrogens with zero attached hydrogens (tertiary/aromatic N) is 1. The molecular weight excluding hydrogens is 186 g/mol. The van der Waals surface area contributed by atoms with Crippen LogP contribution in [0, 0.1) is 5.92 Å². The zero-order valence-corrected chi connectivity index (χ0v) is 9.31. The topological polar surface area (TPSA) is 37.4 Å². The van der Waals surface area contributed by atoms with Crippen LogP contribution in [-0.4, -0.2) is 31.6 Å². The smallest absolute Gasteiger partial charge is 0.212 e. The fourth-order valence-corrected chi connectivity index (χ4v) is 3.45. The van der Waals surface area contributed by atoms with E-state index in [0.717, 1.165) is 25.9 Å². The van der Waals surface area contributed by atoms with Crippen molar-refractivity contribution in [2.75, 3.05) is 18.8 Å². The Morgan fingerprint density at radius 1 is 1.46 bits per heavy atom. The summed E-state index contributed by atoms with van der Waals surface area (Å²) < 4.78 is 25.0. The Kier molecular flexibility index (Phi) is 3.74.